The number of amides is 1. The van der Waals surface area contributed by atoms with Gasteiger partial charge in [0.25, 0.3) is 5.91 Å². The molecule has 6 rings (SSSR count). The van der Waals surface area contributed by atoms with Gasteiger partial charge in [0.15, 0.2) is 0 Å². The van der Waals surface area contributed by atoms with E-state index in [4.69, 9.17) is 14.2 Å². The number of benzene rings is 3. The van der Waals surface area contributed by atoms with E-state index in [1.165, 1.54) is 0 Å². The normalized spacial score (nSPS) is 15.6. The number of unbranched alkanes of at least 4 members (excludes halogenated alkanes) is 1. The van der Waals surface area contributed by atoms with Gasteiger partial charge in [0, 0.05) is 61.3 Å². The summed E-state index contributed by atoms with van der Waals surface area (Å²) in [7, 11) is -1.23. The minimum Gasteiger partial charge on any atom is -0.491 e. The van der Waals surface area contributed by atoms with Crippen molar-refractivity contribution < 1.29 is 23.2 Å². The van der Waals surface area contributed by atoms with Gasteiger partial charge in [0.2, 0.25) is 0 Å². The smallest absolute Gasteiger partial charge is 0.251 e. The second-order valence-corrected chi connectivity index (χ2v) is 15.4. The minimum atomic E-state index is -1.23. The second kappa shape index (κ2) is 19.2. The molecule has 0 unspecified atom stereocenters. The van der Waals surface area contributed by atoms with Crippen molar-refractivity contribution in [2.45, 2.75) is 76.5 Å². The summed E-state index contributed by atoms with van der Waals surface area (Å²) in [5.74, 6) is 1.69. The SMILES string of the molecule is CCCCOCCOc1ccc(-c2ccc3c(c2)C=C(C(=O)Nc2ccc([S@@](=O)Cc4c(C)ncn4CC)cc2)CCCN3CC2CCOCC2)cc1. The van der Waals surface area contributed by atoms with E-state index < -0.39 is 10.8 Å². The van der Waals surface area contributed by atoms with Crippen LogP contribution in [0.3, 0.4) is 0 Å². The minimum absolute atomic E-state index is 0.115. The summed E-state index contributed by atoms with van der Waals surface area (Å²) < 4.78 is 32.5. The van der Waals surface area contributed by atoms with Crippen molar-refractivity contribution in [2.24, 2.45) is 5.92 Å². The number of aromatic nitrogens is 2. The fourth-order valence-corrected chi connectivity index (χ4v) is 8.20. The average molecular weight is 739 g/mol. The highest BCUT2D eigenvalue weighted by Crippen LogP contribution is 2.34. The van der Waals surface area contributed by atoms with Gasteiger partial charge in [-0.15, -0.1) is 0 Å². The molecule has 1 N–H and O–H groups in total. The highest BCUT2D eigenvalue weighted by atomic mass is 32.2. The van der Waals surface area contributed by atoms with Crippen LogP contribution in [-0.4, -0.2) is 65.8 Å². The summed E-state index contributed by atoms with van der Waals surface area (Å²) in [6.45, 7) is 12.3. The van der Waals surface area contributed by atoms with Crippen LogP contribution < -0.4 is 15.0 Å². The first-order valence-corrected chi connectivity index (χ1v) is 20.5. The maximum Gasteiger partial charge on any atom is 0.251 e. The number of nitrogens with zero attached hydrogens (tertiary/aromatic N) is 3. The summed E-state index contributed by atoms with van der Waals surface area (Å²) >= 11 is 0. The zero-order chi connectivity index (χ0) is 37.0. The van der Waals surface area contributed by atoms with Gasteiger partial charge in [-0.1, -0.05) is 31.5 Å². The first kappa shape index (κ1) is 38.5. The van der Waals surface area contributed by atoms with E-state index in [1.807, 2.05) is 47.9 Å². The highest BCUT2D eigenvalue weighted by Gasteiger charge is 2.23. The van der Waals surface area contributed by atoms with Crippen LogP contribution in [0.4, 0.5) is 11.4 Å². The van der Waals surface area contributed by atoms with Crippen molar-refractivity contribution in [3.05, 3.63) is 95.6 Å². The number of hydrogen-bond acceptors (Lipinski definition) is 7. The molecule has 9 nitrogen and oxygen atoms in total. The number of nitrogens with one attached hydrogen (secondary N) is 1. The first-order valence-electron chi connectivity index (χ1n) is 19.2. The molecule has 3 aromatic carbocycles. The first-order chi connectivity index (χ1) is 25.9. The molecule has 0 radical (unpaired) electrons. The number of fused-ring (bicyclic) bond motifs is 1. The maximum absolute atomic E-state index is 13.8. The Bertz CT molecular complexity index is 1850. The van der Waals surface area contributed by atoms with Gasteiger partial charge in [0.1, 0.15) is 12.4 Å². The van der Waals surface area contributed by atoms with E-state index in [-0.39, 0.29) is 5.91 Å². The quantitative estimate of drug-likeness (QED) is 0.115. The van der Waals surface area contributed by atoms with Crippen molar-refractivity contribution in [1.82, 2.24) is 9.55 Å². The summed E-state index contributed by atoms with van der Waals surface area (Å²) in [4.78, 5) is 21.4. The third-order valence-corrected chi connectivity index (χ3v) is 11.5. The number of carbonyl (C=O) groups is 1. The lowest BCUT2D eigenvalue weighted by atomic mass is 9.94. The number of imidazole rings is 1. The van der Waals surface area contributed by atoms with Crippen LogP contribution in [0.2, 0.25) is 0 Å². The van der Waals surface area contributed by atoms with Crippen molar-refractivity contribution in [3.8, 4) is 16.9 Å². The van der Waals surface area contributed by atoms with Crippen LogP contribution >= 0.6 is 0 Å². The molecule has 1 aromatic heterocycles. The van der Waals surface area contributed by atoms with E-state index in [0.29, 0.717) is 37.0 Å². The molecular formula is C43H54N4O5S. The van der Waals surface area contributed by atoms with Gasteiger partial charge in [-0.25, -0.2) is 4.98 Å². The molecule has 1 saturated heterocycles. The largest absolute Gasteiger partial charge is 0.491 e. The summed E-state index contributed by atoms with van der Waals surface area (Å²) in [6.07, 6.45) is 9.75. The molecule has 282 valence electrons. The molecule has 0 aliphatic carbocycles. The molecular weight excluding hydrogens is 685 g/mol. The van der Waals surface area contributed by atoms with E-state index in [2.05, 4.69) is 65.5 Å². The van der Waals surface area contributed by atoms with Crippen LogP contribution in [0, 0.1) is 12.8 Å². The molecule has 3 heterocycles. The van der Waals surface area contributed by atoms with E-state index in [9.17, 15) is 9.00 Å². The number of ether oxygens (including phenoxy) is 3. The van der Waals surface area contributed by atoms with Gasteiger partial charge in [0.05, 0.1) is 40.9 Å². The Morgan fingerprint density at radius 3 is 2.51 bits per heavy atom. The molecule has 53 heavy (non-hydrogen) atoms. The van der Waals surface area contributed by atoms with Crippen molar-refractivity contribution in [2.75, 3.05) is 56.3 Å². The standard InChI is InChI=1S/C43H54N4O5S/c1-4-6-22-50-25-26-52-39-14-9-34(10-15-39)35-11-18-41-37(27-35)28-36(8-7-21-47(41)29-33-19-23-51-24-20-33)43(48)45-38-12-16-40(17-13-38)53(49)30-42-32(3)44-31-46(42)5-2/h9-18,27-28,31,33H,4-8,19-26,29-30H2,1-3H3,(H,45,48)/t53-/m0/s1. The second-order valence-electron chi connectivity index (χ2n) is 13.9. The number of anilines is 2. The number of rotatable bonds is 16. The van der Waals surface area contributed by atoms with Gasteiger partial charge < -0.3 is 29.0 Å². The monoisotopic (exact) mass is 738 g/mol. The van der Waals surface area contributed by atoms with Crippen LogP contribution in [0.25, 0.3) is 17.2 Å². The van der Waals surface area contributed by atoms with Crippen LogP contribution in [0.5, 0.6) is 5.75 Å². The van der Waals surface area contributed by atoms with Gasteiger partial charge in [-0.2, -0.15) is 0 Å². The fourth-order valence-electron chi connectivity index (χ4n) is 6.98. The highest BCUT2D eigenvalue weighted by molar-refractivity contribution is 7.84. The molecule has 0 saturated carbocycles. The molecule has 1 amide bonds. The summed E-state index contributed by atoms with van der Waals surface area (Å²) in [5.41, 5.74) is 7.67. The third-order valence-electron chi connectivity index (χ3n) is 10.1. The van der Waals surface area contributed by atoms with Crippen LogP contribution in [0.15, 0.2) is 83.5 Å². The Morgan fingerprint density at radius 1 is 0.981 bits per heavy atom. The Morgan fingerprint density at radius 2 is 1.75 bits per heavy atom. The predicted octanol–water partition coefficient (Wildman–Crippen LogP) is 8.43. The van der Waals surface area contributed by atoms with Crippen LogP contribution in [0.1, 0.15) is 69.3 Å². The number of hydrogen-bond donors (Lipinski definition) is 1. The molecule has 2 aliphatic rings. The molecule has 4 aromatic rings. The Kier molecular flexibility index (Phi) is 13.9. The zero-order valence-electron chi connectivity index (χ0n) is 31.5. The van der Waals surface area contributed by atoms with Gasteiger partial charge in [-0.05, 0) is 123 Å². The predicted molar refractivity (Wildman–Crippen MR) is 214 cm³/mol. The van der Waals surface area contributed by atoms with E-state index in [0.717, 1.165) is 122 Å². The molecule has 0 bridgehead atoms. The average Bonchev–Trinajstić information content (AvgIpc) is 3.53. The molecule has 10 heteroatoms. The number of aryl methyl sites for hydroxylation is 2. The lowest BCUT2D eigenvalue weighted by Crippen LogP contribution is -2.34. The van der Waals surface area contributed by atoms with Crippen molar-refractivity contribution in [1.29, 1.82) is 0 Å². The van der Waals surface area contributed by atoms with Crippen molar-refractivity contribution in [3.63, 3.8) is 0 Å². The van der Waals surface area contributed by atoms with E-state index in [1.54, 1.807) is 6.33 Å². The zero-order valence-corrected chi connectivity index (χ0v) is 32.3. The molecule has 1 atom stereocenters. The Labute approximate surface area is 317 Å². The molecule has 2 aliphatic heterocycles. The van der Waals surface area contributed by atoms with Gasteiger partial charge in [-0.3, -0.25) is 9.00 Å². The lowest BCUT2D eigenvalue weighted by molar-refractivity contribution is -0.112. The maximum atomic E-state index is 13.8. The summed E-state index contributed by atoms with van der Waals surface area (Å²) in [5, 5.41) is 3.12. The number of carbonyl (C=O) groups excluding carboxylic acids is 1. The molecule has 0 spiro atoms. The van der Waals surface area contributed by atoms with Crippen molar-refractivity contribution >= 4 is 34.2 Å². The lowest BCUT2D eigenvalue weighted by Gasteiger charge is -2.33. The molecule has 1 fully saturated rings. The summed E-state index contributed by atoms with van der Waals surface area (Å²) in [6, 6.07) is 22.2. The Hall–Kier alpha value is -4.25. The fraction of sp³-hybridized carbons (Fsp3) is 0.442. The van der Waals surface area contributed by atoms with Gasteiger partial charge >= 0.3 is 0 Å². The van der Waals surface area contributed by atoms with E-state index >= 15 is 0 Å². The third kappa shape index (κ3) is 10.5. The topological polar surface area (TPSA) is 94.9 Å². The Balaban J connectivity index is 1.18. The van der Waals surface area contributed by atoms with Crippen LogP contribution in [-0.2, 0) is 37.4 Å².